The molecule has 0 atom stereocenters. The Hall–Kier alpha value is -3.69. The standard InChI is InChI=1S/C18H14F3N5O2/c1-12(13-2-5-15(6-3-13)25-9-8-22-11-25)23-24-16-7-4-14(18(19,20)21)10-17(16)26(27)28/h2-11,24H,1H3/b23-12-. The van der Waals surface area contributed by atoms with Crippen LogP contribution in [-0.4, -0.2) is 20.2 Å². The molecular weight excluding hydrogens is 375 g/mol. The first-order valence-electron chi connectivity index (χ1n) is 8.00. The molecular formula is C18H14F3N5O2. The zero-order valence-electron chi connectivity index (χ0n) is 14.5. The highest BCUT2D eigenvalue weighted by Gasteiger charge is 2.33. The van der Waals surface area contributed by atoms with Gasteiger partial charge in [0.25, 0.3) is 5.69 Å². The molecule has 1 heterocycles. The van der Waals surface area contributed by atoms with Crippen LogP contribution in [0.1, 0.15) is 18.1 Å². The molecule has 0 spiro atoms. The van der Waals surface area contributed by atoms with Crippen LogP contribution in [0.2, 0.25) is 0 Å². The number of hydrogen-bond acceptors (Lipinski definition) is 5. The third-order valence-corrected chi connectivity index (χ3v) is 3.95. The summed E-state index contributed by atoms with van der Waals surface area (Å²) in [5.74, 6) is 0. The second kappa shape index (κ2) is 7.51. The van der Waals surface area contributed by atoms with Crippen molar-refractivity contribution >= 4 is 17.1 Å². The van der Waals surface area contributed by atoms with Crippen molar-refractivity contribution in [3.05, 3.63) is 82.4 Å². The van der Waals surface area contributed by atoms with Crippen LogP contribution in [0.4, 0.5) is 24.5 Å². The number of nitrogens with one attached hydrogen (secondary N) is 1. The van der Waals surface area contributed by atoms with E-state index in [-0.39, 0.29) is 5.69 Å². The van der Waals surface area contributed by atoms with Gasteiger partial charge in [-0.25, -0.2) is 4.98 Å². The monoisotopic (exact) mass is 389 g/mol. The zero-order chi connectivity index (χ0) is 20.3. The van der Waals surface area contributed by atoms with Crippen LogP contribution < -0.4 is 5.43 Å². The van der Waals surface area contributed by atoms with E-state index in [9.17, 15) is 23.3 Å². The lowest BCUT2D eigenvalue weighted by atomic mass is 10.1. The molecule has 0 unspecified atom stereocenters. The van der Waals surface area contributed by atoms with Crippen molar-refractivity contribution in [2.45, 2.75) is 13.1 Å². The fourth-order valence-electron chi connectivity index (χ4n) is 2.45. The normalized spacial score (nSPS) is 12.1. The molecule has 10 heteroatoms. The van der Waals surface area contributed by atoms with E-state index in [2.05, 4.69) is 15.5 Å². The predicted octanol–water partition coefficient (Wildman–Crippen LogP) is 4.64. The number of imidazole rings is 1. The fourth-order valence-corrected chi connectivity index (χ4v) is 2.45. The minimum atomic E-state index is -4.67. The number of nitro groups is 1. The molecule has 0 saturated heterocycles. The first kappa shape index (κ1) is 19.1. The SMILES string of the molecule is C/C(=N/Nc1ccc(C(F)(F)F)cc1[N+](=O)[O-])c1ccc(-n2ccnc2)cc1. The maximum Gasteiger partial charge on any atom is 0.416 e. The number of aromatic nitrogens is 2. The Morgan fingerprint density at radius 2 is 1.93 bits per heavy atom. The number of anilines is 1. The minimum absolute atomic E-state index is 0.132. The van der Waals surface area contributed by atoms with Gasteiger partial charge in [0.15, 0.2) is 0 Å². The van der Waals surface area contributed by atoms with Crippen molar-refractivity contribution in [1.82, 2.24) is 9.55 Å². The number of alkyl halides is 3. The van der Waals surface area contributed by atoms with Crippen molar-refractivity contribution in [3.8, 4) is 5.69 Å². The van der Waals surface area contributed by atoms with Crippen molar-refractivity contribution in [1.29, 1.82) is 0 Å². The Bertz CT molecular complexity index is 1010. The van der Waals surface area contributed by atoms with Crippen LogP contribution in [-0.2, 0) is 6.18 Å². The van der Waals surface area contributed by atoms with Crippen LogP contribution in [0.15, 0.2) is 66.3 Å². The van der Waals surface area contributed by atoms with Gasteiger partial charge in [-0.3, -0.25) is 15.5 Å². The summed E-state index contributed by atoms with van der Waals surface area (Å²) in [7, 11) is 0. The number of nitrogens with zero attached hydrogens (tertiary/aromatic N) is 4. The van der Waals surface area contributed by atoms with E-state index >= 15 is 0 Å². The lowest BCUT2D eigenvalue weighted by Gasteiger charge is -2.09. The average molecular weight is 389 g/mol. The summed E-state index contributed by atoms with van der Waals surface area (Å²) in [6, 6.07) is 9.52. The molecule has 3 aromatic rings. The summed E-state index contributed by atoms with van der Waals surface area (Å²) in [4.78, 5) is 14.2. The molecule has 0 bridgehead atoms. The van der Waals surface area contributed by atoms with Gasteiger partial charge in [0.05, 0.1) is 22.5 Å². The molecule has 1 aromatic heterocycles. The summed E-state index contributed by atoms with van der Waals surface area (Å²) in [5, 5.41) is 15.2. The van der Waals surface area contributed by atoms with Gasteiger partial charge in [-0.2, -0.15) is 18.3 Å². The van der Waals surface area contributed by atoms with Gasteiger partial charge in [0.1, 0.15) is 5.69 Å². The average Bonchev–Trinajstić information content (AvgIpc) is 3.20. The summed E-state index contributed by atoms with van der Waals surface area (Å²) in [6.45, 7) is 1.68. The summed E-state index contributed by atoms with van der Waals surface area (Å²) in [6.07, 6.45) is 0.434. The molecule has 0 aliphatic rings. The van der Waals surface area contributed by atoms with E-state index in [1.165, 1.54) is 0 Å². The molecule has 0 aliphatic heterocycles. The van der Waals surface area contributed by atoms with Gasteiger partial charge in [-0.05, 0) is 36.8 Å². The van der Waals surface area contributed by atoms with E-state index in [0.717, 1.165) is 23.4 Å². The smallest absolute Gasteiger partial charge is 0.306 e. The molecule has 0 radical (unpaired) electrons. The van der Waals surface area contributed by atoms with Crippen molar-refractivity contribution in [2.75, 3.05) is 5.43 Å². The lowest BCUT2D eigenvalue weighted by Crippen LogP contribution is -2.07. The fraction of sp³-hybridized carbons (Fsp3) is 0.111. The number of benzene rings is 2. The molecule has 0 fully saturated rings. The number of halogens is 3. The van der Waals surface area contributed by atoms with Crippen LogP contribution in [0.5, 0.6) is 0 Å². The van der Waals surface area contributed by atoms with Crippen molar-refractivity contribution < 1.29 is 18.1 Å². The van der Waals surface area contributed by atoms with E-state index in [0.29, 0.717) is 11.8 Å². The van der Waals surface area contributed by atoms with Gasteiger partial charge >= 0.3 is 6.18 Å². The highest BCUT2D eigenvalue weighted by Crippen LogP contribution is 2.35. The Labute approximate surface area is 157 Å². The van der Waals surface area contributed by atoms with Crippen LogP contribution in [0.25, 0.3) is 5.69 Å². The molecule has 1 N–H and O–H groups in total. The highest BCUT2D eigenvalue weighted by atomic mass is 19.4. The van der Waals surface area contributed by atoms with Crippen molar-refractivity contribution in [2.24, 2.45) is 5.10 Å². The zero-order valence-corrected chi connectivity index (χ0v) is 14.5. The topological polar surface area (TPSA) is 85.4 Å². The quantitative estimate of drug-likeness (QED) is 0.391. The summed E-state index contributed by atoms with van der Waals surface area (Å²) < 4.78 is 40.1. The van der Waals surface area contributed by atoms with Gasteiger partial charge in [0.2, 0.25) is 0 Å². The Kier molecular flexibility index (Phi) is 5.12. The second-order valence-corrected chi connectivity index (χ2v) is 5.81. The van der Waals surface area contributed by atoms with Gasteiger partial charge < -0.3 is 4.57 Å². The number of hydrogen-bond donors (Lipinski definition) is 1. The highest BCUT2D eigenvalue weighted by molar-refractivity contribution is 5.99. The maximum absolute atomic E-state index is 12.8. The van der Waals surface area contributed by atoms with Crippen LogP contribution in [0, 0.1) is 10.1 Å². The number of hydrazone groups is 1. The molecule has 2 aromatic carbocycles. The third kappa shape index (κ3) is 4.17. The van der Waals surface area contributed by atoms with Crippen LogP contribution >= 0.6 is 0 Å². The van der Waals surface area contributed by atoms with Gasteiger partial charge in [-0.1, -0.05) is 12.1 Å². The molecule has 0 saturated carbocycles. The molecule has 3 rings (SSSR count). The molecule has 28 heavy (non-hydrogen) atoms. The Balaban J connectivity index is 1.82. The summed E-state index contributed by atoms with van der Waals surface area (Å²) >= 11 is 0. The number of rotatable bonds is 5. The molecule has 144 valence electrons. The Morgan fingerprint density at radius 1 is 1.21 bits per heavy atom. The first-order chi connectivity index (χ1) is 13.3. The lowest BCUT2D eigenvalue weighted by molar-refractivity contribution is -0.384. The van der Waals surface area contributed by atoms with E-state index in [1.807, 2.05) is 16.7 Å². The van der Waals surface area contributed by atoms with Crippen molar-refractivity contribution in [3.63, 3.8) is 0 Å². The van der Waals surface area contributed by atoms with E-state index in [1.54, 1.807) is 37.8 Å². The molecule has 0 amide bonds. The molecule has 0 aliphatic carbocycles. The largest absolute Gasteiger partial charge is 0.416 e. The first-order valence-corrected chi connectivity index (χ1v) is 8.00. The van der Waals surface area contributed by atoms with Gasteiger partial charge in [-0.15, -0.1) is 0 Å². The predicted molar refractivity (Wildman–Crippen MR) is 97.5 cm³/mol. The van der Waals surface area contributed by atoms with E-state index in [4.69, 9.17) is 0 Å². The minimum Gasteiger partial charge on any atom is -0.306 e. The van der Waals surface area contributed by atoms with Gasteiger partial charge in [0, 0.05) is 24.1 Å². The number of nitro benzene ring substituents is 1. The van der Waals surface area contributed by atoms with E-state index < -0.39 is 22.4 Å². The summed E-state index contributed by atoms with van der Waals surface area (Å²) in [5.41, 5.74) is 2.68. The van der Waals surface area contributed by atoms with Crippen LogP contribution in [0.3, 0.4) is 0 Å². The maximum atomic E-state index is 12.8. The third-order valence-electron chi connectivity index (χ3n) is 3.95. The second-order valence-electron chi connectivity index (χ2n) is 5.81. The Morgan fingerprint density at radius 3 is 2.50 bits per heavy atom. The molecule has 7 nitrogen and oxygen atoms in total.